The molecule has 0 saturated carbocycles. The van der Waals surface area contributed by atoms with E-state index in [0.717, 1.165) is 24.2 Å². The quantitative estimate of drug-likeness (QED) is 0.747. The van der Waals surface area contributed by atoms with Crippen LogP contribution in [0.15, 0.2) is 48.5 Å². The van der Waals surface area contributed by atoms with Crippen LogP contribution in [-0.2, 0) is 17.6 Å². The second-order valence-corrected chi connectivity index (χ2v) is 6.34. The van der Waals surface area contributed by atoms with Crippen molar-refractivity contribution in [1.82, 2.24) is 5.32 Å². The summed E-state index contributed by atoms with van der Waals surface area (Å²) in [6, 6.07) is 16.3. The lowest BCUT2D eigenvalue weighted by atomic mass is 10.0. The predicted molar refractivity (Wildman–Crippen MR) is 103 cm³/mol. The Balaban J connectivity index is 1.97. The molecule has 0 aromatic heterocycles. The molecule has 0 aliphatic rings. The number of benzene rings is 2. The molecule has 0 fully saturated rings. The first-order chi connectivity index (χ1) is 12.1. The van der Waals surface area contributed by atoms with E-state index in [4.69, 9.17) is 4.74 Å². The summed E-state index contributed by atoms with van der Waals surface area (Å²) in [6.07, 6.45) is 2.16. The number of aryl methyl sites for hydroxylation is 2. The minimum absolute atomic E-state index is 0.0430. The van der Waals surface area contributed by atoms with E-state index in [0.29, 0.717) is 6.42 Å². The third kappa shape index (κ3) is 5.35. The average Bonchev–Trinajstić information content (AvgIpc) is 2.66. The van der Waals surface area contributed by atoms with Gasteiger partial charge >= 0.3 is 0 Å². The molecule has 2 aromatic rings. The molecule has 0 bridgehead atoms. The van der Waals surface area contributed by atoms with Crippen LogP contribution in [0.2, 0.25) is 0 Å². The van der Waals surface area contributed by atoms with Crippen molar-refractivity contribution in [2.45, 2.75) is 59.1 Å². The molecule has 2 unspecified atom stereocenters. The molecular formula is C22H29NO2. The molecular weight excluding hydrogens is 310 g/mol. The van der Waals surface area contributed by atoms with Gasteiger partial charge in [-0.05, 0) is 55.0 Å². The standard InChI is InChI=1S/C22H29NO2/c1-5-17-8-12-19(13-9-17)16(4)23-22(24)21(7-3)25-20-14-10-18(6-2)11-15-20/h8-16,21H,5-7H2,1-4H3,(H,23,24). The molecule has 0 saturated heterocycles. The number of hydrogen-bond acceptors (Lipinski definition) is 2. The van der Waals surface area contributed by atoms with Gasteiger partial charge in [0.2, 0.25) is 0 Å². The van der Waals surface area contributed by atoms with Crippen LogP contribution in [0.4, 0.5) is 0 Å². The Kier molecular flexibility index (Phi) is 7.05. The van der Waals surface area contributed by atoms with Crippen LogP contribution in [0, 0.1) is 0 Å². The highest BCUT2D eigenvalue weighted by molar-refractivity contribution is 5.81. The van der Waals surface area contributed by atoms with Crippen molar-refractivity contribution in [2.24, 2.45) is 0 Å². The summed E-state index contributed by atoms with van der Waals surface area (Å²) in [4.78, 5) is 12.6. The SMILES string of the molecule is CCc1ccc(OC(CC)C(=O)NC(C)c2ccc(CC)cc2)cc1. The topological polar surface area (TPSA) is 38.3 Å². The molecule has 0 radical (unpaired) electrons. The number of ether oxygens (including phenoxy) is 1. The van der Waals surface area contributed by atoms with Crippen molar-refractivity contribution in [2.75, 3.05) is 0 Å². The van der Waals surface area contributed by atoms with E-state index in [1.807, 2.05) is 38.1 Å². The second kappa shape index (κ2) is 9.26. The maximum Gasteiger partial charge on any atom is 0.261 e. The summed E-state index contributed by atoms with van der Waals surface area (Å²) in [5.41, 5.74) is 3.66. The van der Waals surface area contributed by atoms with E-state index in [2.05, 4.69) is 43.4 Å². The summed E-state index contributed by atoms with van der Waals surface area (Å²) in [7, 11) is 0. The summed E-state index contributed by atoms with van der Waals surface area (Å²) >= 11 is 0. The highest BCUT2D eigenvalue weighted by atomic mass is 16.5. The Hall–Kier alpha value is -2.29. The minimum atomic E-state index is -0.482. The number of hydrogen-bond donors (Lipinski definition) is 1. The lowest BCUT2D eigenvalue weighted by Crippen LogP contribution is -2.39. The van der Waals surface area contributed by atoms with Gasteiger partial charge in [-0.2, -0.15) is 0 Å². The third-order valence-electron chi connectivity index (χ3n) is 4.52. The Bertz CT molecular complexity index is 661. The number of rotatable bonds is 8. The van der Waals surface area contributed by atoms with Gasteiger partial charge in [0, 0.05) is 0 Å². The van der Waals surface area contributed by atoms with E-state index in [1.165, 1.54) is 11.1 Å². The summed E-state index contributed by atoms with van der Waals surface area (Å²) in [5, 5.41) is 3.06. The molecule has 2 aromatic carbocycles. The molecule has 3 nitrogen and oxygen atoms in total. The molecule has 134 valence electrons. The van der Waals surface area contributed by atoms with Crippen LogP contribution in [0.1, 0.15) is 56.8 Å². The normalized spacial score (nSPS) is 13.1. The maximum atomic E-state index is 12.6. The highest BCUT2D eigenvalue weighted by Crippen LogP contribution is 2.17. The van der Waals surface area contributed by atoms with Gasteiger partial charge in [0.1, 0.15) is 5.75 Å². The molecule has 0 aliphatic heterocycles. The molecule has 3 heteroatoms. The number of carbonyl (C=O) groups is 1. The van der Waals surface area contributed by atoms with Crippen LogP contribution >= 0.6 is 0 Å². The highest BCUT2D eigenvalue weighted by Gasteiger charge is 2.20. The van der Waals surface area contributed by atoms with Gasteiger partial charge in [0.05, 0.1) is 6.04 Å². The molecule has 25 heavy (non-hydrogen) atoms. The van der Waals surface area contributed by atoms with Crippen LogP contribution in [-0.4, -0.2) is 12.0 Å². The van der Waals surface area contributed by atoms with Gasteiger partial charge in [-0.15, -0.1) is 0 Å². The van der Waals surface area contributed by atoms with E-state index in [9.17, 15) is 4.79 Å². The van der Waals surface area contributed by atoms with E-state index in [1.54, 1.807) is 0 Å². The molecule has 2 rings (SSSR count). The zero-order chi connectivity index (χ0) is 18.2. The first-order valence-electron chi connectivity index (χ1n) is 9.22. The Morgan fingerprint density at radius 3 is 1.92 bits per heavy atom. The zero-order valence-corrected chi connectivity index (χ0v) is 15.7. The molecule has 2 atom stereocenters. The van der Waals surface area contributed by atoms with Crippen molar-refractivity contribution in [3.05, 3.63) is 65.2 Å². The molecule has 1 amide bonds. The van der Waals surface area contributed by atoms with Crippen LogP contribution in [0.3, 0.4) is 0 Å². The molecule has 1 N–H and O–H groups in total. The van der Waals surface area contributed by atoms with Crippen LogP contribution < -0.4 is 10.1 Å². The Labute approximate surface area is 151 Å². The zero-order valence-electron chi connectivity index (χ0n) is 15.7. The van der Waals surface area contributed by atoms with Crippen molar-refractivity contribution < 1.29 is 9.53 Å². The molecule has 0 aliphatic carbocycles. The Morgan fingerprint density at radius 2 is 1.44 bits per heavy atom. The van der Waals surface area contributed by atoms with Crippen LogP contribution in [0.25, 0.3) is 0 Å². The van der Waals surface area contributed by atoms with Gasteiger partial charge in [-0.3, -0.25) is 4.79 Å². The monoisotopic (exact) mass is 339 g/mol. The van der Waals surface area contributed by atoms with Gasteiger partial charge < -0.3 is 10.1 Å². The average molecular weight is 339 g/mol. The second-order valence-electron chi connectivity index (χ2n) is 6.34. The van der Waals surface area contributed by atoms with E-state index < -0.39 is 6.10 Å². The Morgan fingerprint density at radius 1 is 0.920 bits per heavy atom. The fraction of sp³-hybridized carbons (Fsp3) is 0.409. The van der Waals surface area contributed by atoms with Crippen molar-refractivity contribution in [3.63, 3.8) is 0 Å². The number of amides is 1. The van der Waals surface area contributed by atoms with E-state index in [-0.39, 0.29) is 11.9 Å². The summed E-state index contributed by atoms with van der Waals surface area (Å²) in [6.45, 7) is 8.22. The van der Waals surface area contributed by atoms with Gasteiger partial charge in [-0.1, -0.05) is 57.2 Å². The van der Waals surface area contributed by atoms with Gasteiger partial charge in [0.15, 0.2) is 6.10 Å². The predicted octanol–water partition coefficient (Wildman–Crippen LogP) is 4.85. The molecule has 0 spiro atoms. The number of carbonyl (C=O) groups excluding carboxylic acids is 1. The van der Waals surface area contributed by atoms with Crippen molar-refractivity contribution in [1.29, 1.82) is 0 Å². The lowest BCUT2D eigenvalue weighted by molar-refractivity contribution is -0.128. The molecule has 0 heterocycles. The van der Waals surface area contributed by atoms with Gasteiger partial charge in [0.25, 0.3) is 5.91 Å². The minimum Gasteiger partial charge on any atom is -0.481 e. The third-order valence-corrected chi connectivity index (χ3v) is 4.52. The largest absolute Gasteiger partial charge is 0.481 e. The fourth-order valence-corrected chi connectivity index (χ4v) is 2.72. The number of nitrogens with one attached hydrogen (secondary N) is 1. The summed E-state index contributed by atoms with van der Waals surface area (Å²) < 4.78 is 5.89. The lowest BCUT2D eigenvalue weighted by Gasteiger charge is -2.21. The van der Waals surface area contributed by atoms with E-state index >= 15 is 0 Å². The smallest absolute Gasteiger partial charge is 0.261 e. The van der Waals surface area contributed by atoms with Crippen molar-refractivity contribution in [3.8, 4) is 5.75 Å². The first-order valence-corrected chi connectivity index (χ1v) is 9.22. The first kappa shape index (κ1) is 19.0. The maximum absolute atomic E-state index is 12.6. The van der Waals surface area contributed by atoms with Gasteiger partial charge in [-0.25, -0.2) is 0 Å². The fourth-order valence-electron chi connectivity index (χ4n) is 2.72. The van der Waals surface area contributed by atoms with Crippen molar-refractivity contribution >= 4 is 5.91 Å². The van der Waals surface area contributed by atoms with Crippen LogP contribution in [0.5, 0.6) is 5.75 Å². The summed E-state index contributed by atoms with van der Waals surface area (Å²) in [5.74, 6) is 0.660.